The second kappa shape index (κ2) is 7.64. The minimum absolute atomic E-state index is 0.0299. The molecule has 0 radical (unpaired) electrons. The predicted octanol–water partition coefficient (Wildman–Crippen LogP) is 3.83. The van der Waals surface area contributed by atoms with Gasteiger partial charge < -0.3 is 15.0 Å². The number of carbonyl (C=O) groups excluding carboxylic acids is 1. The molecule has 2 atom stereocenters. The number of nitrogens with zero attached hydrogens (tertiary/aromatic N) is 1. The molecule has 2 aliphatic heterocycles. The molecule has 1 N–H and O–H groups in total. The van der Waals surface area contributed by atoms with E-state index in [4.69, 9.17) is 4.74 Å². The number of likely N-dealkylation sites (tertiary alicyclic amines) is 1. The summed E-state index contributed by atoms with van der Waals surface area (Å²) in [6.07, 6.45) is 2.08. The van der Waals surface area contributed by atoms with Gasteiger partial charge in [0.15, 0.2) is 11.6 Å². The lowest BCUT2D eigenvalue weighted by molar-refractivity contribution is 0.0758. The van der Waals surface area contributed by atoms with Gasteiger partial charge in [-0.15, -0.1) is 0 Å². The summed E-state index contributed by atoms with van der Waals surface area (Å²) < 4.78 is 31.8. The van der Waals surface area contributed by atoms with Crippen molar-refractivity contribution >= 4 is 5.91 Å². The molecule has 1 amide bonds. The lowest BCUT2D eigenvalue weighted by Gasteiger charge is -2.21. The molecule has 0 aromatic heterocycles. The molecule has 2 aromatic carbocycles. The van der Waals surface area contributed by atoms with E-state index < -0.39 is 11.6 Å². The van der Waals surface area contributed by atoms with Crippen LogP contribution < -0.4 is 10.1 Å². The minimum atomic E-state index is -0.958. The monoisotopic (exact) mass is 372 g/mol. The molecule has 0 spiro atoms. The number of carbonyl (C=O) groups is 1. The first-order valence-corrected chi connectivity index (χ1v) is 9.33. The van der Waals surface area contributed by atoms with E-state index in [1.807, 2.05) is 4.90 Å². The smallest absolute Gasteiger partial charge is 0.253 e. The fourth-order valence-corrected chi connectivity index (χ4v) is 3.95. The van der Waals surface area contributed by atoms with E-state index in [2.05, 4.69) is 5.32 Å². The zero-order valence-electron chi connectivity index (χ0n) is 15.0. The number of benzene rings is 2. The molecule has 27 heavy (non-hydrogen) atoms. The van der Waals surface area contributed by atoms with Gasteiger partial charge in [-0.25, -0.2) is 8.78 Å². The Morgan fingerprint density at radius 2 is 1.56 bits per heavy atom. The zero-order valence-corrected chi connectivity index (χ0v) is 15.0. The summed E-state index contributed by atoms with van der Waals surface area (Å²) in [5, 5.41) is 3.44. The molecular formula is C21H22F2N2O2. The van der Waals surface area contributed by atoms with Gasteiger partial charge in [-0.1, -0.05) is 0 Å². The molecule has 2 aromatic rings. The topological polar surface area (TPSA) is 41.6 Å². The second-order valence-corrected chi connectivity index (χ2v) is 7.25. The van der Waals surface area contributed by atoms with Crippen LogP contribution in [-0.2, 0) is 0 Å². The van der Waals surface area contributed by atoms with Crippen LogP contribution in [0.5, 0.6) is 11.5 Å². The van der Waals surface area contributed by atoms with Gasteiger partial charge >= 0.3 is 0 Å². The highest BCUT2D eigenvalue weighted by Gasteiger charge is 2.31. The third kappa shape index (κ3) is 3.95. The van der Waals surface area contributed by atoms with Crippen molar-refractivity contribution in [1.29, 1.82) is 0 Å². The standard InChI is InChI=1S/C21H22F2N2O2/c22-19-6-5-18(11-20(19)23)27-17-3-1-14(2-4-17)21(26)25-9-7-15-12-24-13-16(15)8-10-25/h1-6,11,15-16,24H,7-10,12-13H2/t15-,16+. The number of hydrogen-bond acceptors (Lipinski definition) is 3. The van der Waals surface area contributed by atoms with E-state index in [0.717, 1.165) is 51.2 Å². The van der Waals surface area contributed by atoms with E-state index in [0.29, 0.717) is 23.1 Å². The highest BCUT2D eigenvalue weighted by molar-refractivity contribution is 5.94. The van der Waals surface area contributed by atoms with Crippen LogP contribution in [0.15, 0.2) is 42.5 Å². The minimum Gasteiger partial charge on any atom is -0.457 e. The van der Waals surface area contributed by atoms with Crippen molar-refractivity contribution in [3.05, 3.63) is 59.7 Å². The van der Waals surface area contributed by atoms with Crippen LogP contribution >= 0.6 is 0 Å². The Morgan fingerprint density at radius 3 is 2.19 bits per heavy atom. The van der Waals surface area contributed by atoms with Gasteiger partial charge in [0, 0.05) is 24.7 Å². The molecule has 2 fully saturated rings. The maximum atomic E-state index is 13.3. The van der Waals surface area contributed by atoms with Gasteiger partial charge in [-0.3, -0.25) is 4.79 Å². The summed E-state index contributed by atoms with van der Waals surface area (Å²) in [5.41, 5.74) is 0.609. The number of fused-ring (bicyclic) bond motifs is 1. The van der Waals surface area contributed by atoms with Crippen LogP contribution in [0.3, 0.4) is 0 Å². The fourth-order valence-electron chi connectivity index (χ4n) is 3.95. The second-order valence-electron chi connectivity index (χ2n) is 7.25. The van der Waals surface area contributed by atoms with Crippen molar-refractivity contribution < 1.29 is 18.3 Å². The van der Waals surface area contributed by atoms with E-state index in [-0.39, 0.29) is 11.7 Å². The Balaban J connectivity index is 1.40. The highest BCUT2D eigenvalue weighted by atomic mass is 19.2. The number of halogens is 2. The molecule has 0 unspecified atom stereocenters. The zero-order chi connectivity index (χ0) is 18.8. The molecule has 4 rings (SSSR count). The number of amides is 1. The quantitative estimate of drug-likeness (QED) is 0.890. The van der Waals surface area contributed by atoms with Gasteiger partial charge in [-0.2, -0.15) is 0 Å². The first kappa shape index (κ1) is 17.9. The SMILES string of the molecule is O=C(c1ccc(Oc2ccc(F)c(F)c2)cc1)N1CC[C@@H]2CNC[C@@H]2CC1. The normalized spacial score (nSPS) is 22.2. The number of nitrogens with one attached hydrogen (secondary N) is 1. The molecule has 2 heterocycles. The largest absolute Gasteiger partial charge is 0.457 e. The average molecular weight is 372 g/mol. The van der Waals surface area contributed by atoms with Gasteiger partial charge in [-0.05, 0) is 74.2 Å². The fraction of sp³-hybridized carbons (Fsp3) is 0.381. The number of ether oxygens (including phenoxy) is 1. The van der Waals surface area contributed by atoms with E-state index in [1.54, 1.807) is 24.3 Å². The Bertz CT molecular complexity index is 811. The van der Waals surface area contributed by atoms with Gasteiger partial charge in [0.1, 0.15) is 11.5 Å². The average Bonchev–Trinajstić information content (AvgIpc) is 3.03. The maximum absolute atomic E-state index is 13.3. The summed E-state index contributed by atoms with van der Waals surface area (Å²) in [6.45, 7) is 3.69. The lowest BCUT2D eigenvalue weighted by Crippen LogP contribution is -2.32. The van der Waals surface area contributed by atoms with Crippen molar-refractivity contribution in [3.63, 3.8) is 0 Å². The first-order chi connectivity index (χ1) is 13.1. The van der Waals surface area contributed by atoms with E-state index >= 15 is 0 Å². The van der Waals surface area contributed by atoms with Crippen molar-refractivity contribution in [2.45, 2.75) is 12.8 Å². The van der Waals surface area contributed by atoms with Crippen molar-refractivity contribution in [2.24, 2.45) is 11.8 Å². The molecule has 4 nitrogen and oxygen atoms in total. The molecule has 2 saturated heterocycles. The first-order valence-electron chi connectivity index (χ1n) is 9.33. The molecule has 0 bridgehead atoms. The van der Waals surface area contributed by atoms with Crippen LogP contribution in [0.25, 0.3) is 0 Å². The van der Waals surface area contributed by atoms with Gasteiger partial charge in [0.2, 0.25) is 0 Å². The summed E-state index contributed by atoms with van der Waals surface area (Å²) in [4.78, 5) is 14.7. The summed E-state index contributed by atoms with van der Waals surface area (Å²) in [7, 11) is 0. The predicted molar refractivity (Wildman–Crippen MR) is 97.9 cm³/mol. The van der Waals surface area contributed by atoms with Crippen LogP contribution in [0.4, 0.5) is 8.78 Å². The van der Waals surface area contributed by atoms with Crippen LogP contribution in [0, 0.1) is 23.5 Å². The third-order valence-electron chi connectivity index (χ3n) is 5.53. The molecule has 142 valence electrons. The molecule has 6 heteroatoms. The lowest BCUT2D eigenvalue weighted by atomic mass is 9.92. The maximum Gasteiger partial charge on any atom is 0.253 e. The molecule has 0 aliphatic carbocycles. The van der Waals surface area contributed by atoms with Gasteiger partial charge in [0.05, 0.1) is 0 Å². The van der Waals surface area contributed by atoms with Crippen LogP contribution in [-0.4, -0.2) is 37.0 Å². The molecule has 2 aliphatic rings. The Hall–Kier alpha value is -2.47. The van der Waals surface area contributed by atoms with Crippen LogP contribution in [0.1, 0.15) is 23.2 Å². The third-order valence-corrected chi connectivity index (χ3v) is 5.53. The van der Waals surface area contributed by atoms with Crippen molar-refractivity contribution in [1.82, 2.24) is 10.2 Å². The number of rotatable bonds is 3. The Kier molecular flexibility index (Phi) is 5.07. The highest BCUT2D eigenvalue weighted by Crippen LogP contribution is 2.28. The van der Waals surface area contributed by atoms with Crippen LogP contribution in [0.2, 0.25) is 0 Å². The molecular weight excluding hydrogens is 350 g/mol. The van der Waals surface area contributed by atoms with Crippen molar-refractivity contribution in [3.8, 4) is 11.5 Å². The summed E-state index contributed by atoms with van der Waals surface area (Å²) >= 11 is 0. The summed E-state index contributed by atoms with van der Waals surface area (Å²) in [5.74, 6) is 0.183. The van der Waals surface area contributed by atoms with Crippen molar-refractivity contribution in [2.75, 3.05) is 26.2 Å². The Labute approximate surface area is 157 Å². The van der Waals surface area contributed by atoms with E-state index in [9.17, 15) is 13.6 Å². The summed E-state index contributed by atoms with van der Waals surface area (Å²) in [6, 6.07) is 10.1. The Morgan fingerprint density at radius 1 is 0.926 bits per heavy atom. The number of hydrogen-bond donors (Lipinski definition) is 1. The van der Waals surface area contributed by atoms with E-state index in [1.165, 1.54) is 6.07 Å². The molecule has 0 saturated carbocycles. The van der Waals surface area contributed by atoms with Gasteiger partial charge in [0.25, 0.3) is 5.91 Å².